The van der Waals surface area contributed by atoms with Gasteiger partial charge in [0.2, 0.25) is 5.91 Å². The Hall–Kier alpha value is -1.91. The molecule has 108 valence electrons. The van der Waals surface area contributed by atoms with Gasteiger partial charge in [0.15, 0.2) is 0 Å². The lowest BCUT2D eigenvalue weighted by Gasteiger charge is -2.20. The average Bonchev–Trinajstić information content (AvgIpc) is 2.53. The molecule has 2 rings (SSSR count). The van der Waals surface area contributed by atoms with Crippen molar-refractivity contribution in [3.05, 3.63) is 30.1 Å². The van der Waals surface area contributed by atoms with Gasteiger partial charge in [0.1, 0.15) is 0 Å². The quantitative estimate of drug-likeness (QED) is 0.800. The largest absolute Gasteiger partial charge is 0.354 e. The van der Waals surface area contributed by atoms with Gasteiger partial charge < -0.3 is 10.6 Å². The van der Waals surface area contributed by atoms with Crippen molar-refractivity contribution in [2.24, 2.45) is 5.92 Å². The Morgan fingerprint density at radius 1 is 1.15 bits per heavy atom. The Bertz CT molecular complexity index is 442. The summed E-state index contributed by atoms with van der Waals surface area (Å²) in [5, 5.41) is 5.65. The zero-order chi connectivity index (χ0) is 14.2. The van der Waals surface area contributed by atoms with Crippen LogP contribution in [0.1, 0.15) is 42.5 Å². The third-order valence-corrected chi connectivity index (χ3v) is 3.61. The van der Waals surface area contributed by atoms with Crippen molar-refractivity contribution in [3.63, 3.8) is 0 Å². The van der Waals surface area contributed by atoms with Crippen LogP contribution in [0.5, 0.6) is 0 Å². The maximum absolute atomic E-state index is 11.9. The molecule has 0 aromatic carbocycles. The fourth-order valence-electron chi connectivity index (χ4n) is 2.47. The molecule has 20 heavy (non-hydrogen) atoms. The van der Waals surface area contributed by atoms with E-state index < -0.39 is 0 Å². The van der Waals surface area contributed by atoms with E-state index in [9.17, 15) is 9.59 Å². The Morgan fingerprint density at radius 3 is 2.60 bits per heavy atom. The smallest absolute Gasteiger partial charge is 0.252 e. The first-order valence-electron chi connectivity index (χ1n) is 7.23. The maximum atomic E-state index is 11.9. The Morgan fingerprint density at radius 2 is 1.90 bits per heavy atom. The van der Waals surface area contributed by atoms with E-state index >= 15 is 0 Å². The van der Waals surface area contributed by atoms with Crippen molar-refractivity contribution in [1.82, 2.24) is 15.6 Å². The van der Waals surface area contributed by atoms with Gasteiger partial charge in [0.25, 0.3) is 5.91 Å². The first kappa shape index (κ1) is 14.5. The summed E-state index contributed by atoms with van der Waals surface area (Å²) in [5.41, 5.74) is 0.533. The van der Waals surface area contributed by atoms with Gasteiger partial charge in [-0.2, -0.15) is 0 Å². The monoisotopic (exact) mass is 275 g/mol. The summed E-state index contributed by atoms with van der Waals surface area (Å²) < 4.78 is 0. The van der Waals surface area contributed by atoms with Crippen LogP contribution in [0.4, 0.5) is 0 Å². The summed E-state index contributed by atoms with van der Waals surface area (Å²) in [5.74, 6) is 0.128. The minimum Gasteiger partial charge on any atom is -0.354 e. The molecule has 1 aromatic heterocycles. The topological polar surface area (TPSA) is 71.1 Å². The third-order valence-electron chi connectivity index (χ3n) is 3.61. The fraction of sp³-hybridized carbons (Fsp3) is 0.533. The van der Waals surface area contributed by atoms with E-state index in [-0.39, 0.29) is 17.7 Å². The lowest BCUT2D eigenvalue weighted by Crippen LogP contribution is -2.38. The van der Waals surface area contributed by atoms with Crippen molar-refractivity contribution >= 4 is 11.8 Å². The number of rotatable bonds is 5. The van der Waals surface area contributed by atoms with Crippen LogP contribution in [0.15, 0.2) is 24.5 Å². The summed E-state index contributed by atoms with van der Waals surface area (Å²) >= 11 is 0. The minimum absolute atomic E-state index is 0.125. The first-order valence-corrected chi connectivity index (χ1v) is 7.23. The maximum Gasteiger partial charge on any atom is 0.252 e. The van der Waals surface area contributed by atoms with Crippen LogP contribution in [0.25, 0.3) is 0 Å². The number of carbonyl (C=O) groups is 2. The fourth-order valence-corrected chi connectivity index (χ4v) is 2.47. The molecular weight excluding hydrogens is 254 g/mol. The highest BCUT2D eigenvalue weighted by Crippen LogP contribution is 2.23. The minimum atomic E-state index is -0.162. The summed E-state index contributed by atoms with van der Waals surface area (Å²) in [4.78, 5) is 27.5. The molecule has 1 fully saturated rings. The molecule has 0 spiro atoms. The molecule has 1 aliphatic rings. The molecule has 1 aliphatic carbocycles. The van der Waals surface area contributed by atoms with Crippen molar-refractivity contribution in [1.29, 1.82) is 0 Å². The van der Waals surface area contributed by atoms with E-state index in [2.05, 4.69) is 15.6 Å². The molecule has 2 N–H and O–H groups in total. The second-order valence-corrected chi connectivity index (χ2v) is 5.12. The predicted octanol–water partition coefficient (Wildman–Crippen LogP) is 1.51. The highest BCUT2D eigenvalue weighted by atomic mass is 16.2. The number of amides is 2. The van der Waals surface area contributed by atoms with Crippen molar-refractivity contribution in [2.45, 2.75) is 32.1 Å². The molecule has 0 saturated heterocycles. The molecule has 0 bridgehead atoms. The zero-order valence-electron chi connectivity index (χ0n) is 11.6. The Kier molecular flexibility index (Phi) is 5.53. The van der Waals surface area contributed by atoms with Gasteiger partial charge in [-0.3, -0.25) is 14.6 Å². The van der Waals surface area contributed by atoms with Crippen LogP contribution in [0, 0.1) is 5.92 Å². The molecular formula is C15H21N3O2. The van der Waals surface area contributed by atoms with E-state index in [1.807, 2.05) is 0 Å². The van der Waals surface area contributed by atoms with Crippen LogP contribution >= 0.6 is 0 Å². The summed E-state index contributed by atoms with van der Waals surface area (Å²) in [7, 11) is 0. The van der Waals surface area contributed by atoms with Gasteiger partial charge in [-0.1, -0.05) is 19.3 Å². The van der Waals surface area contributed by atoms with E-state index in [4.69, 9.17) is 0 Å². The molecule has 0 radical (unpaired) electrons. The second kappa shape index (κ2) is 7.62. The van der Waals surface area contributed by atoms with Gasteiger partial charge in [0, 0.05) is 31.4 Å². The van der Waals surface area contributed by atoms with Gasteiger partial charge in [0.05, 0.1) is 5.56 Å². The standard InChI is InChI=1S/C15H21N3O2/c19-14(12-5-2-1-3-6-12)17-9-10-18-15(20)13-7-4-8-16-11-13/h4,7-8,11-12H,1-3,5-6,9-10H2,(H,17,19)(H,18,20). The van der Waals surface area contributed by atoms with Gasteiger partial charge in [-0.05, 0) is 25.0 Å². The second-order valence-electron chi connectivity index (χ2n) is 5.12. The number of hydrogen-bond acceptors (Lipinski definition) is 3. The molecule has 0 aliphatic heterocycles. The lowest BCUT2D eigenvalue weighted by molar-refractivity contribution is -0.125. The van der Waals surface area contributed by atoms with E-state index in [0.717, 1.165) is 25.7 Å². The van der Waals surface area contributed by atoms with Gasteiger partial charge in [-0.25, -0.2) is 0 Å². The van der Waals surface area contributed by atoms with Crippen molar-refractivity contribution in [3.8, 4) is 0 Å². The number of carbonyl (C=O) groups excluding carboxylic acids is 2. The van der Waals surface area contributed by atoms with E-state index in [1.54, 1.807) is 18.3 Å². The number of pyridine rings is 1. The summed E-state index contributed by atoms with van der Waals surface area (Å²) in [6.45, 7) is 0.910. The number of hydrogen-bond donors (Lipinski definition) is 2. The normalized spacial score (nSPS) is 15.6. The lowest BCUT2D eigenvalue weighted by atomic mass is 9.89. The van der Waals surface area contributed by atoms with Crippen LogP contribution in [0.3, 0.4) is 0 Å². The molecule has 5 nitrogen and oxygen atoms in total. The van der Waals surface area contributed by atoms with Crippen LogP contribution in [0.2, 0.25) is 0 Å². The predicted molar refractivity (Wildman–Crippen MR) is 76.2 cm³/mol. The Labute approximate surface area is 119 Å². The SMILES string of the molecule is O=C(NCCNC(=O)C1CCCCC1)c1cccnc1. The third kappa shape index (κ3) is 4.33. The molecule has 2 amide bonds. The van der Waals surface area contributed by atoms with Gasteiger partial charge >= 0.3 is 0 Å². The summed E-state index contributed by atoms with van der Waals surface area (Å²) in [6.07, 6.45) is 8.68. The molecule has 5 heteroatoms. The van der Waals surface area contributed by atoms with Gasteiger partial charge in [-0.15, -0.1) is 0 Å². The van der Waals surface area contributed by atoms with Crippen LogP contribution in [-0.2, 0) is 4.79 Å². The highest BCUT2D eigenvalue weighted by Gasteiger charge is 2.20. The van der Waals surface area contributed by atoms with E-state index in [1.165, 1.54) is 12.6 Å². The Balaban J connectivity index is 1.64. The molecule has 1 heterocycles. The first-order chi connectivity index (χ1) is 9.77. The number of aromatic nitrogens is 1. The van der Waals surface area contributed by atoms with Crippen LogP contribution < -0.4 is 10.6 Å². The van der Waals surface area contributed by atoms with Crippen molar-refractivity contribution < 1.29 is 9.59 Å². The zero-order valence-corrected chi connectivity index (χ0v) is 11.6. The van der Waals surface area contributed by atoms with Crippen LogP contribution in [-0.4, -0.2) is 29.9 Å². The summed E-state index contributed by atoms with van der Waals surface area (Å²) in [6, 6.07) is 3.43. The molecule has 0 atom stereocenters. The van der Waals surface area contributed by atoms with E-state index in [0.29, 0.717) is 18.7 Å². The number of nitrogens with zero attached hydrogens (tertiary/aromatic N) is 1. The average molecular weight is 275 g/mol. The molecule has 0 unspecified atom stereocenters. The highest BCUT2D eigenvalue weighted by molar-refractivity contribution is 5.93. The molecule has 1 saturated carbocycles. The molecule has 1 aromatic rings. The van der Waals surface area contributed by atoms with Crippen molar-refractivity contribution in [2.75, 3.05) is 13.1 Å². The number of nitrogens with one attached hydrogen (secondary N) is 2.